The minimum absolute atomic E-state index is 0.103. The van der Waals surface area contributed by atoms with Crippen LogP contribution < -0.4 is 0 Å². The maximum Gasteiger partial charge on any atom is 0.345 e. The van der Waals surface area contributed by atoms with Crippen molar-refractivity contribution in [2.45, 2.75) is 0 Å². The van der Waals surface area contributed by atoms with Crippen LogP contribution in [0.2, 0.25) is 0 Å². The summed E-state index contributed by atoms with van der Waals surface area (Å²) in [5, 5.41) is 9.86. The molecule has 0 fully saturated rings. The van der Waals surface area contributed by atoms with Gasteiger partial charge in [0.2, 0.25) is 0 Å². The summed E-state index contributed by atoms with van der Waals surface area (Å²) in [7, 11) is 2.30. The first-order chi connectivity index (χ1) is 8.90. The predicted octanol–water partition coefficient (Wildman–Crippen LogP) is 2.65. The third-order valence-corrected chi connectivity index (χ3v) is 3.23. The number of carbonyl (C=O) groups excluding carboxylic acids is 2. The summed E-state index contributed by atoms with van der Waals surface area (Å²) < 4.78 is 10.1. The third kappa shape index (κ3) is 3.81. The number of hydrogen-bond donors (Lipinski definition) is 1. The van der Waals surface area contributed by atoms with E-state index in [1.165, 1.54) is 6.08 Å². The number of phenolic OH excluding ortho intramolecular Hbond substituents is 1. The topological polar surface area (TPSA) is 72.8 Å². The summed E-state index contributed by atoms with van der Waals surface area (Å²) in [5.41, 5.74) is -0.0441. The van der Waals surface area contributed by atoms with Gasteiger partial charge >= 0.3 is 11.9 Å². The number of esters is 2. The van der Waals surface area contributed by atoms with Gasteiger partial charge in [0.1, 0.15) is 11.3 Å². The van der Waals surface area contributed by atoms with Crippen LogP contribution in [0, 0.1) is 0 Å². The molecule has 0 aromatic heterocycles. The average molecular weight is 394 g/mol. The smallest absolute Gasteiger partial charge is 0.345 e. The number of benzene rings is 1. The van der Waals surface area contributed by atoms with E-state index in [9.17, 15) is 14.7 Å². The van der Waals surface area contributed by atoms with E-state index in [2.05, 4.69) is 41.3 Å². The second-order valence-electron chi connectivity index (χ2n) is 3.37. The van der Waals surface area contributed by atoms with Crippen LogP contribution in [0.1, 0.15) is 5.56 Å². The maximum atomic E-state index is 11.5. The Hall–Kier alpha value is -1.34. The van der Waals surface area contributed by atoms with Gasteiger partial charge in [0.15, 0.2) is 0 Å². The number of methoxy groups -OCH3 is 2. The van der Waals surface area contributed by atoms with Crippen molar-refractivity contribution in [3.8, 4) is 5.75 Å². The molecule has 102 valence electrons. The number of hydrogen-bond acceptors (Lipinski definition) is 5. The molecule has 5 nitrogen and oxygen atoms in total. The molecule has 19 heavy (non-hydrogen) atoms. The second-order valence-corrected chi connectivity index (χ2v) is 5.14. The van der Waals surface area contributed by atoms with Crippen LogP contribution in [0.5, 0.6) is 5.75 Å². The van der Waals surface area contributed by atoms with Crippen molar-refractivity contribution in [1.82, 2.24) is 0 Å². The molecule has 7 heteroatoms. The minimum Gasteiger partial charge on any atom is -0.506 e. The molecule has 1 aromatic rings. The van der Waals surface area contributed by atoms with Gasteiger partial charge in [-0.25, -0.2) is 9.59 Å². The van der Waals surface area contributed by atoms with Crippen LogP contribution in [-0.2, 0) is 19.1 Å². The molecule has 0 amide bonds. The van der Waals surface area contributed by atoms with Crippen LogP contribution in [0.15, 0.2) is 26.7 Å². The lowest BCUT2D eigenvalue weighted by Gasteiger charge is -2.06. The van der Waals surface area contributed by atoms with Gasteiger partial charge < -0.3 is 14.6 Å². The van der Waals surface area contributed by atoms with Crippen LogP contribution in [0.3, 0.4) is 0 Å². The Morgan fingerprint density at radius 2 is 1.68 bits per heavy atom. The molecule has 0 atom stereocenters. The number of halogens is 2. The Bertz CT molecular complexity index is 533. The fourth-order valence-electron chi connectivity index (χ4n) is 1.27. The highest BCUT2D eigenvalue weighted by Crippen LogP contribution is 2.33. The Morgan fingerprint density at radius 3 is 2.16 bits per heavy atom. The molecule has 0 unspecified atom stereocenters. The fourth-order valence-corrected chi connectivity index (χ4v) is 2.53. The molecule has 0 bridgehead atoms. The van der Waals surface area contributed by atoms with Crippen molar-refractivity contribution in [3.63, 3.8) is 0 Å². The van der Waals surface area contributed by atoms with Crippen LogP contribution >= 0.6 is 31.9 Å². The number of rotatable bonds is 3. The van der Waals surface area contributed by atoms with E-state index in [1.54, 1.807) is 12.1 Å². The summed E-state index contributed by atoms with van der Waals surface area (Å²) in [6.07, 6.45) is 1.20. The number of aromatic hydroxyl groups is 1. The first kappa shape index (κ1) is 15.7. The molecule has 0 aliphatic heterocycles. The van der Waals surface area contributed by atoms with E-state index in [1.807, 2.05) is 0 Å². The molecule has 1 N–H and O–H groups in total. The molecular formula is C12H10Br2O5. The molecule has 0 radical (unpaired) electrons. The molecule has 1 aromatic carbocycles. The Kier molecular flexibility index (Phi) is 5.56. The van der Waals surface area contributed by atoms with Gasteiger partial charge in [-0.2, -0.15) is 0 Å². The number of ether oxygens (including phenoxy) is 2. The van der Waals surface area contributed by atoms with Crippen molar-refractivity contribution in [3.05, 3.63) is 32.2 Å². The van der Waals surface area contributed by atoms with Crippen LogP contribution in [0.25, 0.3) is 6.08 Å². The van der Waals surface area contributed by atoms with E-state index in [0.29, 0.717) is 8.95 Å². The van der Waals surface area contributed by atoms with Gasteiger partial charge in [-0.05, 0) is 34.1 Å². The zero-order valence-electron chi connectivity index (χ0n) is 10.1. The maximum absolute atomic E-state index is 11.5. The highest BCUT2D eigenvalue weighted by atomic mass is 79.9. The third-order valence-electron chi connectivity index (χ3n) is 2.17. The molecule has 0 aliphatic rings. The summed E-state index contributed by atoms with van der Waals surface area (Å²) in [5.74, 6) is -1.79. The average Bonchev–Trinajstić information content (AvgIpc) is 2.39. The first-order valence-electron chi connectivity index (χ1n) is 4.97. The van der Waals surface area contributed by atoms with Crippen molar-refractivity contribution in [1.29, 1.82) is 0 Å². The van der Waals surface area contributed by atoms with Gasteiger partial charge in [0, 0.05) is 10.0 Å². The van der Waals surface area contributed by atoms with E-state index >= 15 is 0 Å². The zero-order valence-corrected chi connectivity index (χ0v) is 13.2. The molecule has 0 heterocycles. The van der Waals surface area contributed by atoms with Crippen LogP contribution in [0.4, 0.5) is 0 Å². The molecule has 0 saturated heterocycles. The highest BCUT2D eigenvalue weighted by molar-refractivity contribution is 9.11. The summed E-state index contributed by atoms with van der Waals surface area (Å²) in [6, 6.07) is 3.18. The van der Waals surface area contributed by atoms with Crippen molar-refractivity contribution < 1.29 is 24.2 Å². The van der Waals surface area contributed by atoms with Crippen molar-refractivity contribution >= 4 is 49.9 Å². The quantitative estimate of drug-likeness (QED) is 0.370. The first-order valence-corrected chi connectivity index (χ1v) is 6.55. The second kappa shape index (κ2) is 6.72. The molecule has 0 spiro atoms. The van der Waals surface area contributed by atoms with E-state index < -0.39 is 11.9 Å². The minimum atomic E-state index is -0.845. The van der Waals surface area contributed by atoms with E-state index in [0.717, 1.165) is 14.2 Å². The summed E-state index contributed by atoms with van der Waals surface area (Å²) >= 11 is 6.40. The Balaban J connectivity index is 3.37. The monoisotopic (exact) mass is 392 g/mol. The fraction of sp³-hybridized carbons (Fsp3) is 0.167. The van der Waals surface area contributed by atoms with E-state index in [4.69, 9.17) is 0 Å². The summed E-state index contributed by atoms with van der Waals surface area (Å²) in [6.45, 7) is 0. The van der Waals surface area contributed by atoms with Gasteiger partial charge in [-0.1, -0.05) is 15.9 Å². The summed E-state index contributed by atoms with van der Waals surface area (Å²) in [4.78, 5) is 23.0. The standard InChI is InChI=1S/C12H10Br2O5/c1-18-11(16)8(12(17)19-2)4-6-3-7(13)5-9(14)10(6)15/h3-5,15H,1-2H3. The van der Waals surface area contributed by atoms with Gasteiger partial charge in [0.05, 0.1) is 18.7 Å². The molecule has 0 saturated carbocycles. The number of phenols is 1. The largest absolute Gasteiger partial charge is 0.506 e. The zero-order chi connectivity index (χ0) is 14.6. The Labute approximate surface area is 126 Å². The molecular weight excluding hydrogens is 384 g/mol. The number of carbonyl (C=O) groups is 2. The SMILES string of the molecule is COC(=O)C(=Cc1cc(Br)cc(Br)c1O)C(=O)OC. The lowest BCUT2D eigenvalue weighted by Crippen LogP contribution is -2.15. The Morgan fingerprint density at radius 1 is 1.16 bits per heavy atom. The van der Waals surface area contributed by atoms with Crippen molar-refractivity contribution in [2.75, 3.05) is 14.2 Å². The van der Waals surface area contributed by atoms with Crippen LogP contribution in [-0.4, -0.2) is 31.3 Å². The molecule has 1 rings (SSSR count). The van der Waals surface area contributed by atoms with Crippen molar-refractivity contribution in [2.24, 2.45) is 0 Å². The highest BCUT2D eigenvalue weighted by Gasteiger charge is 2.20. The van der Waals surface area contributed by atoms with Gasteiger partial charge in [0.25, 0.3) is 0 Å². The van der Waals surface area contributed by atoms with Gasteiger partial charge in [-0.15, -0.1) is 0 Å². The predicted molar refractivity (Wildman–Crippen MR) is 75.5 cm³/mol. The van der Waals surface area contributed by atoms with E-state index in [-0.39, 0.29) is 16.9 Å². The lowest BCUT2D eigenvalue weighted by molar-refractivity contribution is -0.143. The van der Waals surface area contributed by atoms with Gasteiger partial charge in [-0.3, -0.25) is 0 Å². The molecule has 0 aliphatic carbocycles. The lowest BCUT2D eigenvalue weighted by atomic mass is 10.1. The normalized spacial score (nSPS) is 9.68.